The topological polar surface area (TPSA) is 93.5 Å². The summed E-state index contributed by atoms with van der Waals surface area (Å²) in [5.41, 5.74) is 0.115. The summed E-state index contributed by atoms with van der Waals surface area (Å²) in [6, 6.07) is 3.64. The fourth-order valence-electron chi connectivity index (χ4n) is 4.70. The van der Waals surface area contributed by atoms with Crippen molar-refractivity contribution >= 4 is 17.8 Å². The molecule has 0 unspecified atom stereocenters. The van der Waals surface area contributed by atoms with Crippen LogP contribution in [0.3, 0.4) is 0 Å². The lowest BCUT2D eigenvalue weighted by atomic mass is 9.75. The van der Waals surface area contributed by atoms with Gasteiger partial charge in [-0.3, -0.25) is 14.3 Å². The van der Waals surface area contributed by atoms with Gasteiger partial charge in [0.25, 0.3) is 0 Å². The Bertz CT molecular complexity index is 901. The Balaban J connectivity index is 1.56. The normalized spacial score (nSPS) is 23.7. The van der Waals surface area contributed by atoms with Crippen molar-refractivity contribution in [3.05, 3.63) is 36.4 Å². The van der Waals surface area contributed by atoms with Crippen molar-refractivity contribution in [2.24, 2.45) is 18.4 Å². The highest BCUT2D eigenvalue weighted by Gasteiger charge is 2.55. The molecule has 2 aromatic heterocycles. The minimum Gasteiger partial charge on any atom is -0.466 e. The first kappa shape index (κ1) is 20.3. The van der Waals surface area contributed by atoms with Crippen LogP contribution < -0.4 is 4.90 Å². The molecule has 160 valence electrons. The number of amides is 1. The molecule has 0 aromatic carbocycles. The van der Waals surface area contributed by atoms with E-state index in [0.29, 0.717) is 45.2 Å². The van der Waals surface area contributed by atoms with Crippen molar-refractivity contribution in [3.63, 3.8) is 0 Å². The Kier molecular flexibility index (Phi) is 5.69. The molecule has 2 atom stereocenters. The second-order valence-electron chi connectivity index (χ2n) is 8.10. The third kappa shape index (κ3) is 3.88. The van der Waals surface area contributed by atoms with Crippen molar-refractivity contribution in [1.82, 2.24) is 24.6 Å². The van der Waals surface area contributed by atoms with Crippen LogP contribution in [-0.4, -0.2) is 69.3 Å². The van der Waals surface area contributed by atoms with Crippen LogP contribution in [-0.2, 0) is 27.8 Å². The molecule has 2 aliphatic rings. The summed E-state index contributed by atoms with van der Waals surface area (Å²) in [7, 11) is 1.84. The standard InChI is InChI=1S/C21H28N6O3/c1-3-30-19(29)21-7-4-10-26(18(28)12-17-6-11-25(2)24-17)13-16(21)14-27(15-21)20-22-8-5-9-23-20/h5-6,8-9,11,16H,3-4,7,10,12-15H2,1-2H3/t16-,21-/m0/s1. The lowest BCUT2D eigenvalue weighted by Gasteiger charge is -2.31. The Morgan fingerprint density at radius 1 is 1.27 bits per heavy atom. The maximum atomic E-state index is 13.1. The van der Waals surface area contributed by atoms with E-state index >= 15 is 0 Å². The Morgan fingerprint density at radius 3 is 2.77 bits per heavy atom. The predicted molar refractivity (Wildman–Crippen MR) is 110 cm³/mol. The third-order valence-corrected chi connectivity index (χ3v) is 6.16. The van der Waals surface area contributed by atoms with Gasteiger partial charge < -0.3 is 14.5 Å². The van der Waals surface area contributed by atoms with Crippen molar-refractivity contribution in [2.75, 3.05) is 37.7 Å². The minimum absolute atomic E-state index is 0.0319. The molecule has 9 heteroatoms. The molecule has 2 aromatic rings. The van der Waals surface area contributed by atoms with Gasteiger partial charge in [-0.25, -0.2) is 9.97 Å². The number of nitrogens with zero attached hydrogens (tertiary/aromatic N) is 6. The smallest absolute Gasteiger partial charge is 0.314 e. The number of likely N-dealkylation sites (tertiary alicyclic amines) is 1. The molecule has 9 nitrogen and oxygen atoms in total. The van der Waals surface area contributed by atoms with Crippen LogP contribution in [0.25, 0.3) is 0 Å². The highest BCUT2D eigenvalue weighted by molar-refractivity contribution is 5.81. The molecule has 0 radical (unpaired) electrons. The summed E-state index contributed by atoms with van der Waals surface area (Å²) in [6.07, 6.45) is 6.96. The zero-order valence-electron chi connectivity index (χ0n) is 17.5. The maximum Gasteiger partial charge on any atom is 0.314 e. The first-order chi connectivity index (χ1) is 14.5. The SMILES string of the molecule is CCOC(=O)[C@]12CCCN(C(=O)Cc3ccn(C)n3)C[C@H]1CN(c1ncccn1)C2. The van der Waals surface area contributed by atoms with Crippen LogP contribution in [0.1, 0.15) is 25.5 Å². The number of carbonyl (C=O) groups excluding carboxylic acids is 2. The largest absolute Gasteiger partial charge is 0.466 e. The van der Waals surface area contributed by atoms with Gasteiger partial charge in [0, 0.05) is 57.7 Å². The molecule has 1 amide bonds. The number of ether oxygens (including phenoxy) is 1. The van der Waals surface area contributed by atoms with E-state index in [2.05, 4.69) is 15.1 Å². The molecular weight excluding hydrogens is 384 g/mol. The average molecular weight is 412 g/mol. The summed E-state index contributed by atoms with van der Waals surface area (Å²) in [4.78, 5) is 38.7. The number of anilines is 1. The fraction of sp³-hybridized carbons (Fsp3) is 0.571. The van der Waals surface area contributed by atoms with E-state index in [1.807, 2.05) is 36.0 Å². The molecule has 0 bridgehead atoms. The summed E-state index contributed by atoms with van der Waals surface area (Å²) in [5, 5.41) is 4.32. The van der Waals surface area contributed by atoms with Crippen molar-refractivity contribution in [1.29, 1.82) is 0 Å². The van der Waals surface area contributed by atoms with E-state index in [1.54, 1.807) is 23.1 Å². The highest BCUT2D eigenvalue weighted by atomic mass is 16.5. The Hall–Kier alpha value is -2.97. The zero-order valence-corrected chi connectivity index (χ0v) is 17.5. The lowest BCUT2D eigenvalue weighted by molar-refractivity contribution is -0.157. The quantitative estimate of drug-likeness (QED) is 0.678. The van der Waals surface area contributed by atoms with E-state index in [-0.39, 0.29) is 24.2 Å². The predicted octanol–water partition coefficient (Wildman–Crippen LogP) is 1.06. The Morgan fingerprint density at radius 2 is 2.07 bits per heavy atom. The van der Waals surface area contributed by atoms with Gasteiger partial charge in [0.1, 0.15) is 0 Å². The van der Waals surface area contributed by atoms with Crippen LogP contribution in [0.5, 0.6) is 0 Å². The number of rotatable bonds is 5. The molecule has 2 fully saturated rings. The van der Waals surface area contributed by atoms with Crippen molar-refractivity contribution in [2.45, 2.75) is 26.2 Å². The molecular formula is C21H28N6O3. The molecule has 2 saturated heterocycles. The average Bonchev–Trinajstić information content (AvgIpc) is 3.27. The molecule has 0 aliphatic carbocycles. The first-order valence-electron chi connectivity index (χ1n) is 10.5. The van der Waals surface area contributed by atoms with Gasteiger partial charge in [-0.05, 0) is 31.9 Å². The zero-order chi connectivity index (χ0) is 21.1. The van der Waals surface area contributed by atoms with Crippen LogP contribution >= 0.6 is 0 Å². The fourth-order valence-corrected chi connectivity index (χ4v) is 4.70. The van der Waals surface area contributed by atoms with Crippen molar-refractivity contribution < 1.29 is 14.3 Å². The molecule has 0 N–H and O–H groups in total. The van der Waals surface area contributed by atoms with Gasteiger partial charge in [0.15, 0.2) is 0 Å². The van der Waals surface area contributed by atoms with E-state index in [9.17, 15) is 9.59 Å². The molecule has 30 heavy (non-hydrogen) atoms. The van der Waals surface area contributed by atoms with E-state index in [0.717, 1.165) is 12.1 Å². The summed E-state index contributed by atoms with van der Waals surface area (Å²) < 4.78 is 7.20. The number of carbonyl (C=O) groups is 2. The van der Waals surface area contributed by atoms with Crippen LogP contribution in [0, 0.1) is 11.3 Å². The van der Waals surface area contributed by atoms with Gasteiger partial charge in [-0.15, -0.1) is 0 Å². The summed E-state index contributed by atoms with van der Waals surface area (Å²) in [5.74, 6) is 0.450. The van der Waals surface area contributed by atoms with Crippen LogP contribution in [0.2, 0.25) is 0 Å². The number of hydrogen-bond donors (Lipinski definition) is 0. The lowest BCUT2D eigenvalue weighted by Crippen LogP contribution is -2.44. The third-order valence-electron chi connectivity index (χ3n) is 6.16. The molecule has 4 heterocycles. The molecule has 0 saturated carbocycles. The first-order valence-corrected chi connectivity index (χ1v) is 10.5. The summed E-state index contributed by atoms with van der Waals surface area (Å²) >= 11 is 0. The minimum atomic E-state index is -0.644. The number of esters is 1. The van der Waals surface area contributed by atoms with Crippen LogP contribution in [0.4, 0.5) is 5.95 Å². The van der Waals surface area contributed by atoms with Gasteiger partial charge in [0.2, 0.25) is 11.9 Å². The van der Waals surface area contributed by atoms with E-state index in [4.69, 9.17) is 4.74 Å². The van der Waals surface area contributed by atoms with Gasteiger partial charge in [-0.1, -0.05) is 0 Å². The maximum absolute atomic E-state index is 13.1. The number of hydrogen-bond acceptors (Lipinski definition) is 7. The highest BCUT2D eigenvalue weighted by Crippen LogP contribution is 2.44. The number of aryl methyl sites for hydroxylation is 1. The molecule has 0 spiro atoms. The summed E-state index contributed by atoms with van der Waals surface area (Å²) in [6.45, 7) is 4.48. The van der Waals surface area contributed by atoms with E-state index in [1.165, 1.54) is 0 Å². The molecule has 4 rings (SSSR count). The second-order valence-corrected chi connectivity index (χ2v) is 8.10. The van der Waals surface area contributed by atoms with Gasteiger partial charge in [-0.2, -0.15) is 5.10 Å². The Labute approximate surface area is 176 Å². The molecule has 2 aliphatic heterocycles. The van der Waals surface area contributed by atoms with Crippen molar-refractivity contribution in [3.8, 4) is 0 Å². The van der Waals surface area contributed by atoms with Gasteiger partial charge in [0.05, 0.1) is 24.1 Å². The van der Waals surface area contributed by atoms with E-state index < -0.39 is 5.41 Å². The second kappa shape index (κ2) is 8.41. The monoisotopic (exact) mass is 412 g/mol. The number of fused-ring (bicyclic) bond motifs is 1. The van der Waals surface area contributed by atoms with Gasteiger partial charge >= 0.3 is 5.97 Å². The van der Waals surface area contributed by atoms with Crippen LogP contribution in [0.15, 0.2) is 30.7 Å². The number of aromatic nitrogens is 4.